The van der Waals surface area contributed by atoms with Crippen LogP contribution in [-0.2, 0) is 6.54 Å². The fourth-order valence-corrected chi connectivity index (χ4v) is 4.54. The molecule has 2 aromatic heterocycles. The number of hydrogen-bond donors (Lipinski definition) is 2. The molecule has 170 valence electrons. The first-order valence-electron chi connectivity index (χ1n) is 10.9. The van der Waals surface area contributed by atoms with Gasteiger partial charge in [0.1, 0.15) is 5.58 Å². The summed E-state index contributed by atoms with van der Waals surface area (Å²) >= 11 is 9.43. The monoisotopic (exact) mass is 528 g/mol. The van der Waals surface area contributed by atoms with Crippen molar-refractivity contribution in [1.82, 2.24) is 20.8 Å². The van der Waals surface area contributed by atoms with Gasteiger partial charge in [0.05, 0.1) is 6.54 Å². The molecule has 0 aliphatic heterocycles. The van der Waals surface area contributed by atoms with Gasteiger partial charge < -0.3 is 19.5 Å². The van der Waals surface area contributed by atoms with E-state index in [2.05, 4.69) is 36.8 Å². The zero-order chi connectivity index (χ0) is 22.8. The lowest BCUT2D eigenvalue weighted by Gasteiger charge is -2.29. The van der Waals surface area contributed by atoms with Crippen LogP contribution in [0, 0.1) is 0 Å². The molecule has 1 aliphatic rings. The molecule has 0 saturated heterocycles. The molecular weight excluding hydrogens is 508 g/mol. The van der Waals surface area contributed by atoms with Gasteiger partial charge in [0.25, 0.3) is 5.91 Å². The van der Waals surface area contributed by atoms with Gasteiger partial charge in [-0.25, -0.2) is 0 Å². The zero-order valence-electron chi connectivity index (χ0n) is 17.7. The van der Waals surface area contributed by atoms with E-state index in [9.17, 15) is 4.79 Å². The van der Waals surface area contributed by atoms with Crippen molar-refractivity contribution in [2.45, 2.75) is 44.3 Å². The molecule has 1 aliphatic carbocycles. The number of nitrogens with one attached hydrogen (secondary N) is 2. The van der Waals surface area contributed by atoms with E-state index in [1.807, 2.05) is 24.3 Å². The van der Waals surface area contributed by atoms with Crippen LogP contribution in [0.1, 0.15) is 42.1 Å². The Morgan fingerprint density at radius 2 is 1.76 bits per heavy atom. The maximum Gasteiger partial charge on any atom is 0.287 e. The Labute approximate surface area is 204 Å². The van der Waals surface area contributed by atoms with Crippen LogP contribution >= 0.6 is 27.5 Å². The minimum Gasteiger partial charge on any atom is -0.451 e. The second kappa shape index (κ2) is 9.67. The van der Waals surface area contributed by atoms with Gasteiger partial charge in [-0.2, -0.15) is 0 Å². The fraction of sp³-hybridized carbons (Fsp3) is 0.292. The maximum atomic E-state index is 12.6. The summed E-state index contributed by atoms with van der Waals surface area (Å²) in [6.07, 6.45) is 3.69. The second-order valence-corrected chi connectivity index (χ2v) is 9.56. The smallest absolute Gasteiger partial charge is 0.287 e. The molecular formula is C24H22BrClN4O3. The molecule has 1 fully saturated rings. The van der Waals surface area contributed by atoms with Crippen LogP contribution in [0.3, 0.4) is 0 Å². The number of rotatable bonds is 6. The van der Waals surface area contributed by atoms with E-state index in [-0.39, 0.29) is 11.9 Å². The summed E-state index contributed by atoms with van der Waals surface area (Å²) in [5.41, 5.74) is 1.54. The maximum absolute atomic E-state index is 12.6. The van der Waals surface area contributed by atoms with Gasteiger partial charge in [0.15, 0.2) is 5.76 Å². The van der Waals surface area contributed by atoms with Gasteiger partial charge in [-0.3, -0.25) is 4.79 Å². The van der Waals surface area contributed by atoms with Crippen LogP contribution in [0.25, 0.3) is 22.4 Å². The van der Waals surface area contributed by atoms with Crippen LogP contribution in [0.5, 0.6) is 0 Å². The standard InChI is InChI=1S/C24H22BrClN4O3/c25-16-3-1-14(2-4-16)24-30-29-22(33-24)13-27-18-6-8-19(9-7-18)28-23(31)21-12-15-11-17(26)5-10-20(15)32-21/h1-5,10-12,18-19,27H,6-9,13H2,(H,28,31). The average Bonchev–Trinajstić information content (AvgIpc) is 3.46. The predicted molar refractivity (Wildman–Crippen MR) is 129 cm³/mol. The van der Waals surface area contributed by atoms with E-state index >= 15 is 0 Å². The van der Waals surface area contributed by atoms with Gasteiger partial charge in [-0.05, 0) is 74.2 Å². The van der Waals surface area contributed by atoms with Gasteiger partial charge in [0, 0.05) is 32.5 Å². The molecule has 2 N–H and O–H groups in total. The quantitative estimate of drug-likeness (QED) is 0.331. The predicted octanol–water partition coefficient (Wildman–Crippen LogP) is 5.73. The van der Waals surface area contributed by atoms with E-state index in [4.69, 9.17) is 20.4 Å². The molecule has 33 heavy (non-hydrogen) atoms. The second-order valence-electron chi connectivity index (χ2n) is 8.20. The van der Waals surface area contributed by atoms with E-state index < -0.39 is 0 Å². The highest BCUT2D eigenvalue weighted by atomic mass is 79.9. The molecule has 0 bridgehead atoms. The van der Waals surface area contributed by atoms with Crippen LogP contribution in [0.15, 0.2) is 61.8 Å². The molecule has 4 aromatic rings. The SMILES string of the molecule is O=C(NC1CCC(NCc2nnc(-c3ccc(Br)cc3)o2)CC1)c1cc2cc(Cl)ccc2o1. The molecule has 0 unspecified atom stereocenters. The Bertz CT molecular complexity index is 1260. The highest BCUT2D eigenvalue weighted by molar-refractivity contribution is 9.10. The van der Waals surface area contributed by atoms with E-state index in [1.165, 1.54) is 0 Å². The largest absolute Gasteiger partial charge is 0.451 e. The average molecular weight is 530 g/mol. The molecule has 9 heteroatoms. The summed E-state index contributed by atoms with van der Waals surface area (Å²) in [7, 11) is 0. The third-order valence-electron chi connectivity index (χ3n) is 5.86. The number of fused-ring (bicyclic) bond motifs is 1. The third-order valence-corrected chi connectivity index (χ3v) is 6.63. The Balaban J connectivity index is 1.09. The number of halogens is 2. The topological polar surface area (TPSA) is 93.2 Å². The van der Waals surface area contributed by atoms with E-state index in [0.29, 0.717) is 40.7 Å². The Kier molecular flexibility index (Phi) is 6.48. The Hall–Kier alpha value is -2.68. The minimum absolute atomic E-state index is 0.125. The molecule has 1 amide bonds. The number of benzene rings is 2. The summed E-state index contributed by atoms with van der Waals surface area (Å²) in [6, 6.07) is 15.3. The minimum atomic E-state index is -0.190. The van der Waals surface area contributed by atoms with Crippen molar-refractivity contribution in [2.24, 2.45) is 0 Å². The Morgan fingerprint density at radius 1 is 1.00 bits per heavy atom. The van der Waals surface area contributed by atoms with Crippen molar-refractivity contribution < 1.29 is 13.6 Å². The number of carbonyl (C=O) groups excluding carboxylic acids is 1. The first-order valence-corrected chi connectivity index (χ1v) is 12.0. The van der Waals surface area contributed by atoms with Crippen LogP contribution in [0.2, 0.25) is 5.02 Å². The fourth-order valence-electron chi connectivity index (χ4n) is 4.09. The molecule has 0 spiro atoms. The first-order chi connectivity index (χ1) is 16.0. The normalized spacial score (nSPS) is 18.5. The van der Waals surface area contributed by atoms with Crippen molar-refractivity contribution in [2.75, 3.05) is 0 Å². The van der Waals surface area contributed by atoms with Gasteiger partial charge in [-0.1, -0.05) is 27.5 Å². The van der Waals surface area contributed by atoms with Crippen molar-refractivity contribution in [3.05, 3.63) is 69.7 Å². The summed E-state index contributed by atoms with van der Waals surface area (Å²) in [5, 5.41) is 16.3. The van der Waals surface area contributed by atoms with Crippen molar-refractivity contribution in [3.63, 3.8) is 0 Å². The number of furan rings is 1. The number of carbonyl (C=O) groups is 1. The van der Waals surface area contributed by atoms with Crippen molar-refractivity contribution in [3.8, 4) is 11.5 Å². The van der Waals surface area contributed by atoms with Crippen LogP contribution in [0.4, 0.5) is 0 Å². The molecule has 2 heterocycles. The Morgan fingerprint density at radius 3 is 2.55 bits per heavy atom. The summed E-state index contributed by atoms with van der Waals surface area (Å²) in [4.78, 5) is 12.6. The first kappa shape index (κ1) is 22.1. The molecule has 7 nitrogen and oxygen atoms in total. The lowest BCUT2D eigenvalue weighted by Crippen LogP contribution is -2.42. The molecule has 2 aromatic carbocycles. The van der Waals surface area contributed by atoms with E-state index in [0.717, 1.165) is 41.1 Å². The highest BCUT2D eigenvalue weighted by Crippen LogP contribution is 2.25. The van der Waals surface area contributed by atoms with E-state index in [1.54, 1.807) is 24.3 Å². The van der Waals surface area contributed by atoms with Crippen LogP contribution < -0.4 is 10.6 Å². The summed E-state index contributed by atoms with van der Waals surface area (Å²) < 4.78 is 12.4. The van der Waals surface area contributed by atoms with Crippen molar-refractivity contribution >= 4 is 44.4 Å². The summed E-state index contributed by atoms with van der Waals surface area (Å²) in [6.45, 7) is 0.521. The third kappa shape index (κ3) is 5.29. The zero-order valence-corrected chi connectivity index (χ0v) is 20.0. The number of aromatic nitrogens is 2. The van der Waals surface area contributed by atoms with Gasteiger partial charge in [0.2, 0.25) is 11.8 Å². The number of nitrogens with zero attached hydrogens (tertiary/aromatic N) is 2. The molecule has 0 atom stereocenters. The van der Waals surface area contributed by atoms with Crippen molar-refractivity contribution in [1.29, 1.82) is 0 Å². The molecule has 0 radical (unpaired) electrons. The molecule has 1 saturated carbocycles. The van der Waals surface area contributed by atoms with Crippen LogP contribution in [-0.4, -0.2) is 28.2 Å². The number of hydrogen-bond acceptors (Lipinski definition) is 6. The summed E-state index contributed by atoms with van der Waals surface area (Å²) in [5.74, 6) is 1.20. The molecule has 5 rings (SSSR count). The lowest BCUT2D eigenvalue weighted by atomic mass is 9.91. The highest BCUT2D eigenvalue weighted by Gasteiger charge is 2.24. The number of amides is 1. The van der Waals surface area contributed by atoms with Gasteiger partial charge in [-0.15, -0.1) is 10.2 Å². The lowest BCUT2D eigenvalue weighted by molar-refractivity contribution is 0.0898. The van der Waals surface area contributed by atoms with Gasteiger partial charge >= 0.3 is 0 Å².